The van der Waals surface area contributed by atoms with Gasteiger partial charge in [0.05, 0.1) is 10.6 Å². The van der Waals surface area contributed by atoms with E-state index in [4.69, 9.17) is 11.6 Å². The fourth-order valence-electron chi connectivity index (χ4n) is 2.50. The highest BCUT2D eigenvalue weighted by molar-refractivity contribution is 6.31. The van der Waals surface area contributed by atoms with Crippen molar-refractivity contribution < 1.29 is 27.2 Å². The van der Waals surface area contributed by atoms with Gasteiger partial charge in [-0.1, -0.05) is 11.6 Å². The third kappa shape index (κ3) is 3.57. The zero-order chi connectivity index (χ0) is 19.1. The summed E-state index contributed by atoms with van der Waals surface area (Å²) in [6, 6.07) is 4.31. The second-order valence-corrected chi connectivity index (χ2v) is 5.85. The number of halogens is 5. The molecule has 0 fully saturated rings. The Kier molecular flexibility index (Phi) is 4.49. The molecule has 3 amide bonds. The molecule has 5 nitrogen and oxygen atoms in total. The van der Waals surface area contributed by atoms with Crippen LogP contribution in [0, 0.1) is 5.82 Å². The summed E-state index contributed by atoms with van der Waals surface area (Å²) in [5, 5.41) is 6.51. The molecule has 1 heterocycles. The largest absolute Gasteiger partial charge is 0.417 e. The molecule has 0 aromatic heterocycles. The summed E-state index contributed by atoms with van der Waals surface area (Å²) in [6.07, 6.45) is -4.62. The van der Waals surface area contributed by atoms with Crippen LogP contribution < -0.4 is 16.0 Å². The van der Waals surface area contributed by atoms with Gasteiger partial charge in [-0.05, 0) is 36.4 Å². The van der Waals surface area contributed by atoms with Gasteiger partial charge >= 0.3 is 12.2 Å². The summed E-state index contributed by atoms with van der Waals surface area (Å²) >= 11 is 5.58. The molecule has 0 saturated heterocycles. The standard InChI is InChI=1S/C16H10ClF4N3O2/c17-11-6-8(2-3-10(11)16(19,20)21)22-15(26)24-13-9-5-7(18)1-4-12(9)23-14(13)25/h1-6,13H,(H,23,25)(H2,22,24,26). The van der Waals surface area contributed by atoms with E-state index in [1.165, 1.54) is 6.07 Å². The summed E-state index contributed by atoms with van der Waals surface area (Å²) in [4.78, 5) is 24.0. The number of anilines is 2. The van der Waals surface area contributed by atoms with Crippen LogP contribution in [0.2, 0.25) is 5.02 Å². The summed E-state index contributed by atoms with van der Waals surface area (Å²) < 4.78 is 51.4. The van der Waals surface area contributed by atoms with E-state index in [0.29, 0.717) is 5.69 Å². The monoisotopic (exact) mass is 387 g/mol. The Morgan fingerprint density at radius 3 is 2.54 bits per heavy atom. The molecule has 0 spiro atoms. The van der Waals surface area contributed by atoms with Crippen molar-refractivity contribution >= 4 is 34.9 Å². The van der Waals surface area contributed by atoms with E-state index in [9.17, 15) is 27.2 Å². The van der Waals surface area contributed by atoms with Crippen LogP contribution >= 0.6 is 11.6 Å². The van der Waals surface area contributed by atoms with E-state index in [0.717, 1.165) is 30.3 Å². The molecule has 1 aliphatic rings. The SMILES string of the molecule is O=C(Nc1ccc(C(F)(F)F)c(Cl)c1)NC1C(=O)Nc2ccc(F)cc21. The molecule has 0 saturated carbocycles. The average Bonchev–Trinajstić information content (AvgIpc) is 2.81. The average molecular weight is 388 g/mol. The van der Waals surface area contributed by atoms with Crippen LogP contribution in [0.25, 0.3) is 0 Å². The number of nitrogens with one attached hydrogen (secondary N) is 3. The van der Waals surface area contributed by atoms with Crippen molar-refractivity contribution in [2.45, 2.75) is 12.2 Å². The zero-order valence-electron chi connectivity index (χ0n) is 12.7. The van der Waals surface area contributed by atoms with Gasteiger partial charge in [0.15, 0.2) is 0 Å². The number of benzene rings is 2. The van der Waals surface area contributed by atoms with Gasteiger partial charge in [-0.25, -0.2) is 9.18 Å². The lowest BCUT2D eigenvalue weighted by atomic mass is 10.1. The Bertz CT molecular complexity index is 902. The number of amides is 3. The number of hydrogen-bond acceptors (Lipinski definition) is 2. The highest BCUT2D eigenvalue weighted by atomic mass is 35.5. The highest BCUT2D eigenvalue weighted by Crippen LogP contribution is 2.36. The Morgan fingerprint density at radius 1 is 1.15 bits per heavy atom. The van der Waals surface area contributed by atoms with E-state index in [2.05, 4.69) is 16.0 Å². The second kappa shape index (κ2) is 6.49. The third-order valence-electron chi connectivity index (χ3n) is 3.65. The molecule has 26 heavy (non-hydrogen) atoms. The number of rotatable bonds is 2. The van der Waals surface area contributed by atoms with Gasteiger partial charge in [0.25, 0.3) is 5.91 Å². The number of hydrogen-bond donors (Lipinski definition) is 3. The molecule has 0 radical (unpaired) electrons. The lowest BCUT2D eigenvalue weighted by Crippen LogP contribution is -2.36. The number of fused-ring (bicyclic) bond motifs is 1. The molecule has 1 unspecified atom stereocenters. The Balaban J connectivity index is 1.73. The molecule has 2 aromatic rings. The molecule has 3 rings (SSSR count). The lowest BCUT2D eigenvalue weighted by molar-refractivity contribution is -0.137. The second-order valence-electron chi connectivity index (χ2n) is 5.44. The topological polar surface area (TPSA) is 70.2 Å². The van der Waals surface area contributed by atoms with Crippen molar-refractivity contribution in [2.75, 3.05) is 10.6 Å². The number of urea groups is 1. The summed E-state index contributed by atoms with van der Waals surface area (Å²) in [5.74, 6) is -1.15. The van der Waals surface area contributed by atoms with Crippen LogP contribution in [0.15, 0.2) is 36.4 Å². The molecule has 0 aliphatic carbocycles. The van der Waals surface area contributed by atoms with Gasteiger partial charge in [0.1, 0.15) is 11.9 Å². The molecule has 3 N–H and O–H groups in total. The minimum absolute atomic E-state index is 0.00151. The van der Waals surface area contributed by atoms with Crippen LogP contribution in [-0.2, 0) is 11.0 Å². The van der Waals surface area contributed by atoms with Crippen molar-refractivity contribution in [3.05, 3.63) is 58.4 Å². The lowest BCUT2D eigenvalue weighted by Gasteiger charge is -2.14. The van der Waals surface area contributed by atoms with E-state index in [1.807, 2.05) is 0 Å². The summed E-state index contributed by atoms with van der Waals surface area (Å²) in [5.41, 5.74) is -0.432. The normalized spacial score (nSPS) is 16.0. The predicted molar refractivity (Wildman–Crippen MR) is 86.4 cm³/mol. The van der Waals surface area contributed by atoms with Crippen LogP contribution in [-0.4, -0.2) is 11.9 Å². The predicted octanol–water partition coefficient (Wildman–Crippen LogP) is 4.31. The molecular formula is C16H10ClF4N3O2. The molecule has 0 bridgehead atoms. The van der Waals surface area contributed by atoms with Crippen molar-refractivity contribution in [1.82, 2.24) is 5.32 Å². The van der Waals surface area contributed by atoms with Crippen molar-refractivity contribution in [3.63, 3.8) is 0 Å². The van der Waals surface area contributed by atoms with Gasteiger partial charge < -0.3 is 16.0 Å². The van der Waals surface area contributed by atoms with Crippen molar-refractivity contribution in [1.29, 1.82) is 0 Å². The fraction of sp³-hybridized carbons (Fsp3) is 0.125. The van der Waals surface area contributed by atoms with Gasteiger partial charge in [-0.15, -0.1) is 0 Å². The van der Waals surface area contributed by atoms with Crippen LogP contribution in [0.3, 0.4) is 0 Å². The quantitative estimate of drug-likeness (QED) is 0.672. The summed E-state index contributed by atoms with van der Waals surface area (Å²) in [7, 11) is 0. The van der Waals surface area contributed by atoms with Crippen LogP contribution in [0.4, 0.5) is 33.7 Å². The minimum Gasteiger partial charge on any atom is -0.324 e. The van der Waals surface area contributed by atoms with Crippen molar-refractivity contribution in [3.8, 4) is 0 Å². The maximum Gasteiger partial charge on any atom is 0.417 e. The third-order valence-corrected chi connectivity index (χ3v) is 3.97. The van der Waals surface area contributed by atoms with E-state index in [1.54, 1.807) is 0 Å². The first-order valence-electron chi connectivity index (χ1n) is 7.20. The zero-order valence-corrected chi connectivity index (χ0v) is 13.5. The van der Waals surface area contributed by atoms with Gasteiger partial charge in [0, 0.05) is 16.9 Å². The number of alkyl halides is 3. The van der Waals surface area contributed by atoms with E-state index >= 15 is 0 Å². The maximum absolute atomic E-state index is 13.4. The molecule has 1 aliphatic heterocycles. The van der Waals surface area contributed by atoms with Crippen molar-refractivity contribution in [2.24, 2.45) is 0 Å². The Labute approximate surface area is 149 Å². The molecule has 10 heteroatoms. The molecular weight excluding hydrogens is 378 g/mol. The van der Waals surface area contributed by atoms with E-state index < -0.39 is 40.6 Å². The molecule has 136 valence electrons. The Morgan fingerprint density at radius 2 is 1.88 bits per heavy atom. The van der Waals surface area contributed by atoms with Gasteiger partial charge in [-0.3, -0.25) is 4.79 Å². The minimum atomic E-state index is -4.62. The van der Waals surface area contributed by atoms with Gasteiger partial charge in [-0.2, -0.15) is 13.2 Å². The number of carbonyl (C=O) groups excluding carboxylic acids is 2. The fourth-order valence-corrected chi connectivity index (χ4v) is 2.78. The first-order chi connectivity index (χ1) is 12.1. The first kappa shape index (κ1) is 18.0. The first-order valence-corrected chi connectivity index (χ1v) is 7.57. The van der Waals surface area contributed by atoms with E-state index in [-0.39, 0.29) is 11.3 Å². The summed E-state index contributed by atoms with van der Waals surface area (Å²) in [6.45, 7) is 0. The van der Waals surface area contributed by atoms with Crippen LogP contribution in [0.5, 0.6) is 0 Å². The smallest absolute Gasteiger partial charge is 0.324 e. The highest BCUT2D eigenvalue weighted by Gasteiger charge is 2.34. The molecule has 2 aromatic carbocycles. The maximum atomic E-state index is 13.4. The molecule has 1 atom stereocenters. The van der Waals surface area contributed by atoms with Gasteiger partial charge in [0.2, 0.25) is 0 Å². The Hall–Kier alpha value is -2.81. The van der Waals surface area contributed by atoms with Crippen LogP contribution in [0.1, 0.15) is 17.2 Å². The number of carbonyl (C=O) groups is 2.